The predicted molar refractivity (Wildman–Crippen MR) is 104 cm³/mol. The molecular formula is C24H20O. The second-order valence-electron chi connectivity index (χ2n) is 6.52. The summed E-state index contributed by atoms with van der Waals surface area (Å²) in [5.74, 6) is 0.280. The zero-order chi connectivity index (χ0) is 17.2. The van der Waals surface area contributed by atoms with Gasteiger partial charge in [-0.25, -0.2) is 0 Å². The molecule has 0 spiro atoms. The smallest absolute Gasteiger partial charge is 0.159 e. The van der Waals surface area contributed by atoms with Crippen molar-refractivity contribution in [3.8, 4) is 22.3 Å². The molecule has 0 aromatic heterocycles. The van der Waals surface area contributed by atoms with Crippen molar-refractivity contribution in [3.05, 3.63) is 90.0 Å². The summed E-state index contributed by atoms with van der Waals surface area (Å²) in [6.45, 7) is 1.96. The first-order valence-corrected chi connectivity index (χ1v) is 8.72. The van der Waals surface area contributed by atoms with E-state index in [1.165, 1.54) is 33.4 Å². The van der Waals surface area contributed by atoms with E-state index in [0.29, 0.717) is 6.42 Å². The number of carbonyl (C=O) groups is 1. The number of benzene rings is 3. The van der Waals surface area contributed by atoms with Crippen LogP contribution in [0.5, 0.6) is 0 Å². The fraction of sp³-hybridized carbons (Fsp3) is 0.125. The quantitative estimate of drug-likeness (QED) is 0.564. The van der Waals surface area contributed by atoms with Crippen molar-refractivity contribution in [1.29, 1.82) is 0 Å². The van der Waals surface area contributed by atoms with Crippen LogP contribution in [-0.2, 0) is 4.79 Å². The summed E-state index contributed by atoms with van der Waals surface area (Å²) in [5.41, 5.74) is 8.13. The Kier molecular flexibility index (Phi) is 4.07. The number of ketones is 1. The highest BCUT2D eigenvalue weighted by Gasteiger charge is 2.22. The van der Waals surface area contributed by atoms with Gasteiger partial charge in [0.2, 0.25) is 0 Å². The molecule has 1 aliphatic carbocycles. The van der Waals surface area contributed by atoms with Crippen molar-refractivity contribution in [2.24, 2.45) is 0 Å². The van der Waals surface area contributed by atoms with Crippen molar-refractivity contribution in [1.82, 2.24) is 0 Å². The van der Waals surface area contributed by atoms with Crippen molar-refractivity contribution in [2.75, 3.05) is 0 Å². The summed E-state index contributed by atoms with van der Waals surface area (Å²) >= 11 is 0. The molecule has 0 amide bonds. The maximum atomic E-state index is 12.0. The molecule has 4 rings (SSSR count). The molecule has 122 valence electrons. The number of allylic oxidation sites excluding steroid dienone is 2. The Bertz CT molecular complexity index is 964. The second-order valence-corrected chi connectivity index (χ2v) is 6.52. The molecule has 1 aliphatic rings. The van der Waals surface area contributed by atoms with Crippen LogP contribution in [0.2, 0.25) is 0 Å². The lowest BCUT2D eigenvalue weighted by Gasteiger charge is -2.13. The first-order chi connectivity index (χ1) is 12.2. The fourth-order valence-electron chi connectivity index (χ4n) is 3.61. The molecule has 0 bridgehead atoms. The second kappa shape index (κ2) is 6.52. The minimum absolute atomic E-state index is 0.280. The van der Waals surface area contributed by atoms with E-state index < -0.39 is 0 Å². The van der Waals surface area contributed by atoms with Gasteiger partial charge in [0.15, 0.2) is 5.78 Å². The molecule has 0 aliphatic heterocycles. The van der Waals surface area contributed by atoms with E-state index in [2.05, 4.69) is 72.8 Å². The molecule has 0 fully saturated rings. The van der Waals surface area contributed by atoms with Crippen LogP contribution < -0.4 is 0 Å². The molecule has 0 saturated heterocycles. The average molecular weight is 324 g/mol. The van der Waals surface area contributed by atoms with E-state index in [9.17, 15) is 4.79 Å². The van der Waals surface area contributed by atoms with Gasteiger partial charge in [-0.1, -0.05) is 72.8 Å². The van der Waals surface area contributed by atoms with E-state index in [0.717, 1.165) is 12.0 Å². The van der Waals surface area contributed by atoms with Crippen molar-refractivity contribution >= 4 is 11.4 Å². The molecule has 0 unspecified atom stereocenters. The highest BCUT2D eigenvalue weighted by molar-refractivity contribution is 6.07. The Morgan fingerprint density at radius 1 is 0.640 bits per heavy atom. The first-order valence-electron chi connectivity index (χ1n) is 8.72. The van der Waals surface area contributed by atoms with Gasteiger partial charge >= 0.3 is 0 Å². The molecular weight excluding hydrogens is 304 g/mol. The van der Waals surface area contributed by atoms with Crippen LogP contribution >= 0.6 is 0 Å². The third-order valence-corrected chi connectivity index (χ3v) is 5.01. The van der Waals surface area contributed by atoms with Gasteiger partial charge in [0, 0.05) is 6.42 Å². The van der Waals surface area contributed by atoms with E-state index in [-0.39, 0.29) is 5.78 Å². The molecule has 0 N–H and O–H groups in total. The summed E-state index contributed by atoms with van der Waals surface area (Å²) in [7, 11) is 0. The van der Waals surface area contributed by atoms with Gasteiger partial charge in [-0.3, -0.25) is 4.79 Å². The third kappa shape index (κ3) is 2.94. The topological polar surface area (TPSA) is 17.1 Å². The fourth-order valence-corrected chi connectivity index (χ4v) is 3.61. The third-order valence-electron chi connectivity index (χ3n) is 5.01. The standard InChI is InChI=1S/C24H20O/c1-17-21(14-15-24(17)25)23-13-6-5-12-22(23)20-11-7-10-19(16-20)18-8-3-2-4-9-18/h2-13,16H,14-15H2,1H3. The van der Waals surface area contributed by atoms with Crippen molar-refractivity contribution < 1.29 is 4.79 Å². The number of hydrogen-bond acceptors (Lipinski definition) is 1. The zero-order valence-corrected chi connectivity index (χ0v) is 14.3. The Morgan fingerprint density at radius 2 is 1.28 bits per heavy atom. The van der Waals surface area contributed by atoms with Crippen LogP contribution in [-0.4, -0.2) is 5.78 Å². The zero-order valence-electron chi connectivity index (χ0n) is 14.3. The molecule has 3 aromatic carbocycles. The van der Waals surface area contributed by atoms with Crippen LogP contribution in [0, 0.1) is 0 Å². The van der Waals surface area contributed by atoms with Gasteiger partial charge in [-0.05, 0) is 58.4 Å². The molecule has 25 heavy (non-hydrogen) atoms. The van der Waals surface area contributed by atoms with Crippen LogP contribution in [0.15, 0.2) is 84.4 Å². The van der Waals surface area contributed by atoms with E-state index >= 15 is 0 Å². The summed E-state index contributed by atoms with van der Waals surface area (Å²) in [6, 6.07) is 27.5. The molecule has 0 heterocycles. The number of rotatable bonds is 3. The normalized spacial score (nSPS) is 14.2. The molecule has 0 radical (unpaired) electrons. The van der Waals surface area contributed by atoms with Crippen LogP contribution in [0.1, 0.15) is 25.3 Å². The number of hydrogen-bond donors (Lipinski definition) is 0. The summed E-state index contributed by atoms with van der Waals surface area (Å²) < 4.78 is 0. The van der Waals surface area contributed by atoms with E-state index in [4.69, 9.17) is 0 Å². The van der Waals surface area contributed by atoms with Gasteiger partial charge in [-0.15, -0.1) is 0 Å². The Hall–Kier alpha value is -2.93. The van der Waals surface area contributed by atoms with Gasteiger partial charge in [0.05, 0.1) is 0 Å². The number of Topliss-reactive ketones (excluding diaryl/α,β-unsaturated/α-hetero) is 1. The summed E-state index contributed by atoms with van der Waals surface area (Å²) in [4.78, 5) is 12.0. The maximum Gasteiger partial charge on any atom is 0.159 e. The van der Waals surface area contributed by atoms with Crippen LogP contribution in [0.4, 0.5) is 0 Å². The van der Waals surface area contributed by atoms with Crippen molar-refractivity contribution in [3.63, 3.8) is 0 Å². The summed E-state index contributed by atoms with van der Waals surface area (Å²) in [6.07, 6.45) is 1.49. The van der Waals surface area contributed by atoms with Crippen LogP contribution in [0.3, 0.4) is 0 Å². The highest BCUT2D eigenvalue weighted by atomic mass is 16.1. The Labute approximate surface area is 148 Å². The largest absolute Gasteiger partial charge is 0.295 e. The monoisotopic (exact) mass is 324 g/mol. The SMILES string of the molecule is CC1=C(c2ccccc2-c2cccc(-c3ccccc3)c2)CCC1=O. The summed E-state index contributed by atoms with van der Waals surface area (Å²) in [5, 5.41) is 0. The molecule has 3 aromatic rings. The lowest BCUT2D eigenvalue weighted by atomic mass is 9.91. The van der Waals surface area contributed by atoms with Gasteiger partial charge in [0.25, 0.3) is 0 Å². The first kappa shape index (κ1) is 15.6. The average Bonchev–Trinajstić information content (AvgIpc) is 3.01. The van der Waals surface area contributed by atoms with Gasteiger partial charge < -0.3 is 0 Å². The van der Waals surface area contributed by atoms with Crippen LogP contribution in [0.25, 0.3) is 27.8 Å². The van der Waals surface area contributed by atoms with Crippen molar-refractivity contribution in [2.45, 2.75) is 19.8 Å². The number of carbonyl (C=O) groups excluding carboxylic acids is 1. The van der Waals surface area contributed by atoms with Gasteiger partial charge in [-0.2, -0.15) is 0 Å². The maximum absolute atomic E-state index is 12.0. The van der Waals surface area contributed by atoms with Gasteiger partial charge in [0.1, 0.15) is 0 Å². The Balaban J connectivity index is 1.83. The molecule has 1 nitrogen and oxygen atoms in total. The lowest BCUT2D eigenvalue weighted by Crippen LogP contribution is -1.92. The molecule has 0 saturated carbocycles. The minimum Gasteiger partial charge on any atom is -0.295 e. The lowest BCUT2D eigenvalue weighted by molar-refractivity contribution is -0.114. The molecule has 0 atom stereocenters. The highest BCUT2D eigenvalue weighted by Crippen LogP contribution is 2.38. The minimum atomic E-state index is 0.280. The van der Waals surface area contributed by atoms with E-state index in [1.807, 2.05) is 13.0 Å². The molecule has 1 heteroatoms. The Morgan fingerprint density at radius 3 is 2.00 bits per heavy atom. The van der Waals surface area contributed by atoms with E-state index in [1.54, 1.807) is 0 Å². The predicted octanol–water partition coefficient (Wildman–Crippen LogP) is 6.16.